The highest BCUT2D eigenvalue weighted by Crippen LogP contribution is 2.41. The molecule has 0 saturated heterocycles. The first kappa shape index (κ1) is 25.3. The summed E-state index contributed by atoms with van der Waals surface area (Å²) >= 11 is 13.0. The maximum absolute atomic E-state index is 13.0. The number of hydrogen-bond donors (Lipinski definition) is 1. The van der Waals surface area contributed by atoms with Crippen LogP contribution in [0.15, 0.2) is 64.0 Å². The van der Waals surface area contributed by atoms with Crippen molar-refractivity contribution >= 4 is 34.9 Å². The minimum absolute atomic E-state index is 0.0335. The summed E-state index contributed by atoms with van der Waals surface area (Å²) in [4.78, 5) is 14.6. The maximum Gasteiger partial charge on any atom is 0.387 e. The second kappa shape index (κ2) is 10.9. The number of halogens is 4. The van der Waals surface area contributed by atoms with Crippen molar-refractivity contribution in [2.75, 3.05) is 24.7 Å². The number of ether oxygens (including phenoxy) is 3. The van der Waals surface area contributed by atoms with Crippen LogP contribution in [0.2, 0.25) is 0 Å². The highest BCUT2D eigenvalue weighted by Gasteiger charge is 2.37. The van der Waals surface area contributed by atoms with E-state index in [2.05, 4.69) is 4.74 Å². The third-order valence-electron chi connectivity index (χ3n) is 5.61. The molecule has 1 fully saturated rings. The van der Waals surface area contributed by atoms with Gasteiger partial charge in [0, 0.05) is 34.8 Å². The van der Waals surface area contributed by atoms with E-state index in [1.54, 1.807) is 42.3 Å². The molecular formula is C24H24Cl2F2N2O5. The lowest BCUT2D eigenvalue weighted by atomic mass is 9.92. The Hall–Kier alpha value is -2.75. The predicted molar refractivity (Wildman–Crippen MR) is 127 cm³/mol. The van der Waals surface area contributed by atoms with Gasteiger partial charge in [-0.25, -0.2) is 4.79 Å². The van der Waals surface area contributed by atoms with Crippen molar-refractivity contribution in [3.63, 3.8) is 0 Å². The molecule has 7 nitrogen and oxygen atoms in total. The topological polar surface area (TPSA) is 71.5 Å². The molecule has 0 spiro atoms. The molecule has 2 heterocycles. The smallest absolute Gasteiger partial charge is 0.387 e. The second-order valence-corrected chi connectivity index (χ2v) is 9.01. The second-order valence-electron chi connectivity index (χ2n) is 8.15. The number of hydrogen-bond acceptors (Lipinski definition) is 7. The molecule has 0 radical (unpaired) electrons. The van der Waals surface area contributed by atoms with Crippen LogP contribution in [0.4, 0.5) is 14.5 Å². The van der Waals surface area contributed by atoms with Crippen LogP contribution >= 0.6 is 23.2 Å². The van der Waals surface area contributed by atoms with Gasteiger partial charge in [-0.2, -0.15) is 8.78 Å². The van der Waals surface area contributed by atoms with E-state index in [4.69, 9.17) is 32.7 Å². The standard InChI is InChI=1S/C24H24Cl2F2N2O5/c1-2-33-23(31)16-4-3-9-30(22(16)21-17(25)11-29(32)12-18(21)26)15-7-8-19(35-24(27)28)20(10-15)34-13-14-5-6-14/h3-4,7-11,14,22,24,32H,2,5-6,12-13H2,1H3. The van der Waals surface area contributed by atoms with Crippen molar-refractivity contribution < 1.29 is 33.0 Å². The Morgan fingerprint density at radius 1 is 1.26 bits per heavy atom. The van der Waals surface area contributed by atoms with Gasteiger partial charge in [0.05, 0.1) is 36.4 Å². The average molecular weight is 529 g/mol. The average Bonchev–Trinajstić information content (AvgIpc) is 3.62. The number of allylic oxidation sites excluding steroid dienone is 2. The van der Waals surface area contributed by atoms with Gasteiger partial charge in [-0.15, -0.1) is 0 Å². The third kappa shape index (κ3) is 5.91. The first-order chi connectivity index (χ1) is 16.8. The summed E-state index contributed by atoms with van der Waals surface area (Å²) in [6.45, 7) is -0.811. The summed E-state index contributed by atoms with van der Waals surface area (Å²) < 4.78 is 41.7. The SMILES string of the molecule is CCOC(=O)C1=CC=CN(c2ccc(OC(F)F)c(OCC3CC3)c2)C1C1=C(Cl)CN(O)C=C1Cl. The van der Waals surface area contributed by atoms with E-state index in [0.717, 1.165) is 17.9 Å². The van der Waals surface area contributed by atoms with E-state index in [1.807, 2.05) is 0 Å². The van der Waals surface area contributed by atoms with Gasteiger partial charge >= 0.3 is 12.6 Å². The molecule has 3 aliphatic rings. The summed E-state index contributed by atoms with van der Waals surface area (Å²) in [5, 5.41) is 11.1. The molecule has 0 amide bonds. The first-order valence-corrected chi connectivity index (χ1v) is 11.8. The highest BCUT2D eigenvalue weighted by molar-refractivity contribution is 6.36. The fraction of sp³-hybridized carbons (Fsp3) is 0.375. The van der Waals surface area contributed by atoms with Crippen molar-refractivity contribution in [1.82, 2.24) is 5.06 Å². The Kier molecular flexibility index (Phi) is 7.88. The normalized spacial score (nSPS) is 20.1. The van der Waals surface area contributed by atoms with Crippen LogP contribution in [0.3, 0.4) is 0 Å². The number of anilines is 1. The number of carbonyl (C=O) groups excluding carboxylic acids is 1. The monoisotopic (exact) mass is 528 g/mol. The maximum atomic E-state index is 13.0. The van der Waals surface area contributed by atoms with Gasteiger partial charge in [-0.3, -0.25) is 10.3 Å². The zero-order valence-corrected chi connectivity index (χ0v) is 20.3. The lowest BCUT2D eigenvalue weighted by molar-refractivity contribution is -0.138. The van der Waals surface area contributed by atoms with E-state index >= 15 is 0 Å². The van der Waals surface area contributed by atoms with Crippen LogP contribution in [0, 0.1) is 5.92 Å². The van der Waals surface area contributed by atoms with Gasteiger partial charge in [-0.1, -0.05) is 23.2 Å². The van der Waals surface area contributed by atoms with Crippen molar-refractivity contribution in [3.05, 3.63) is 64.0 Å². The highest BCUT2D eigenvalue weighted by atomic mass is 35.5. The Labute approximate surface area is 211 Å². The lowest BCUT2D eigenvalue weighted by Gasteiger charge is -2.37. The van der Waals surface area contributed by atoms with Crippen LogP contribution in [-0.2, 0) is 9.53 Å². The molecule has 1 atom stereocenters. The Balaban J connectivity index is 1.76. The van der Waals surface area contributed by atoms with Gasteiger partial charge in [-0.05, 0) is 50.0 Å². The van der Waals surface area contributed by atoms with Gasteiger partial charge in [0.2, 0.25) is 0 Å². The van der Waals surface area contributed by atoms with E-state index < -0.39 is 18.6 Å². The van der Waals surface area contributed by atoms with Crippen LogP contribution in [-0.4, -0.2) is 48.7 Å². The number of esters is 1. The summed E-state index contributed by atoms with van der Waals surface area (Å²) in [6.07, 6.45) is 8.30. The molecule has 2 aliphatic heterocycles. The number of alkyl halides is 2. The number of rotatable bonds is 9. The van der Waals surface area contributed by atoms with E-state index in [-0.39, 0.29) is 40.3 Å². The quantitative estimate of drug-likeness (QED) is 0.421. The summed E-state index contributed by atoms with van der Waals surface area (Å²) in [5.74, 6) is -0.119. The molecule has 0 aromatic heterocycles. The summed E-state index contributed by atoms with van der Waals surface area (Å²) in [5.41, 5.74) is 1.17. The fourth-order valence-corrected chi connectivity index (χ4v) is 4.53. The molecule has 1 aromatic rings. The number of nitrogens with zero attached hydrogens (tertiary/aromatic N) is 2. The largest absolute Gasteiger partial charge is 0.489 e. The molecule has 1 aliphatic carbocycles. The van der Waals surface area contributed by atoms with E-state index in [1.165, 1.54) is 12.3 Å². The van der Waals surface area contributed by atoms with Gasteiger partial charge in [0.15, 0.2) is 11.5 Å². The van der Waals surface area contributed by atoms with Crippen LogP contribution in [0.5, 0.6) is 11.5 Å². The van der Waals surface area contributed by atoms with Crippen molar-refractivity contribution in [1.29, 1.82) is 0 Å². The minimum atomic E-state index is -3.01. The van der Waals surface area contributed by atoms with Gasteiger partial charge in [0.25, 0.3) is 0 Å². The fourth-order valence-electron chi connectivity index (χ4n) is 3.83. The van der Waals surface area contributed by atoms with Crippen molar-refractivity contribution in [2.24, 2.45) is 5.92 Å². The van der Waals surface area contributed by atoms with Crippen molar-refractivity contribution in [3.8, 4) is 11.5 Å². The molecule has 1 N–H and O–H groups in total. The molecule has 1 aromatic carbocycles. The van der Waals surface area contributed by atoms with Crippen LogP contribution < -0.4 is 14.4 Å². The Bertz CT molecular complexity index is 1100. The number of hydroxylamine groups is 2. The lowest BCUT2D eigenvalue weighted by Crippen LogP contribution is -2.41. The molecule has 1 unspecified atom stereocenters. The molecule has 0 bridgehead atoms. The molecule has 11 heteroatoms. The van der Waals surface area contributed by atoms with Crippen LogP contribution in [0.1, 0.15) is 19.8 Å². The van der Waals surface area contributed by atoms with Gasteiger partial charge in [0.1, 0.15) is 0 Å². The zero-order chi connectivity index (χ0) is 25.1. The minimum Gasteiger partial charge on any atom is -0.489 e. The zero-order valence-electron chi connectivity index (χ0n) is 18.8. The predicted octanol–water partition coefficient (Wildman–Crippen LogP) is 5.55. The molecule has 188 valence electrons. The molecule has 1 saturated carbocycles. The van der Waals surface area contributed by atoms with E-state index in [9.17, 15) is 18.8 Å². The Morgan fingerprint density at radius 2 is 2.03 bits per heavy atom. The molecule has 35 heavy (non-hydrogen) atoms. The third-order valence-corrected chi connectivity index (χ3v) is 6.23. The number of benzene rings is 1. The van der Waals surface area contributed by atoms with Gasteiger partial charge < -0.3 is 19.1 Å². The summed E-state index contributed by atoms with van der Waals surface area (Å²) in [6, 6.07) is 3.71. The van der Waals surface area contributed by atoms with Crippen LogP contribution in [0.25, 0.3) is 0 Å². The first-order valence-electron chi connectivity index (χ1n) is 11.1. The number of carbonyl (C=O) groups is 1. The molecular weight excluding hydrogens is 505 g/mol. The molecule has 4 rings (SSSR count). The summed E-state index contributed by atoms with van der Waals surface area (Å²) in [7, 11) is 0. The van der Waals surface area contributed by atoms with Crippen molar-refractivity contribution in [2.45, 2.75) is 32.4 Å². The Morgan fingerprint density at radius 3 is 2.69 bits per heavy atom. The van der Waals surface area contributed by atoms with E-state index in [0.29, 0.717) is 23.8 Å².